The highest BCUT2D eigenvalue weighted by Gasteiger charge is 2.16. The minimum Gasteiger partial charge on any atom is -0.497 e. The zero-order chi connectivity index (χ0) is 24.2. The summed E-state index contributed by atoms with van der Waals surface area (Å²) in [5, 5.41) is 3.55. The van der Waals surface area contributed by atoms with Crippen LogP contribution < -0.4 is 14.8 Å². The molecule has 0 amide bonds. The number of nitrogens with one attached hydrogen (secondary N) is 1. The Bertz CT molecular complexity index is 1470. The van der Waals surface area contributed by atoms with E-state index < -0.39 is 5.97 Å². The first kappa shape index (κ1) is 22.2. The molecule has 0 aliphatic heterocycles. The van der Waals surface area contributed by atoms with Crippen molar-refractivity contribution in [3.63, 3.8) is 0 Å². The number of anilines is 1. The van der Waals surface area contributed by atoms with E-state index in [9.17, 15) is 4.79 Å². The van der Waals surface area contributed by atoms with Crippen molar-refractivity contribution in [2.45, 2.75) is 13.5 Å². The third-order valence-electron chi connectivity index (χ3n) is 5.73. The van der Waals surface area contributed by atoms with Crippen molar-refractivity contribution < 1.29 is 14.3 Å². The number of ether oxygens (including phenoxy) is 2. The number of esters is 1. The van der Waals surface area contributed by atoms with Gasteiger partial charge in [-0.15, -0.1) is 0 Å². The van der Waals surface area contributed by atoms with E-state index in [0.29, 0.717) is 23.6 Å². The van der Waals surface area contributed by atoms with Crippen molar-refractivity contribution in [2.24, 2.45) is 0 Å². The maximum atomic E-state index is 12.7. The molecule has 1 N–H and O–H groups in total. The summed E-state index contributed by atoms with van der Waals surface area (Å²) in [4.78, 5) is 17.6. The number of pyridine rings is 1. The van der Waals surface area contributed by atoms with Crippen LogP contribution in [0.25, 0.3) is 16.9 Å². The van der Waals surface area contributed by atoms with Crippen LogP contribution >= 0.6 is 0 Å². The Hall–Kier alpha value is -4.58. The molecule has 6 heteroatoms. The van der Waals surface area contributed by atoms with Crippen LogP contribution in [0.5, 0.6) is 11.5 Å². The predicted molar refractivity (Wildman–Crippen MR) is 137 cm³/mol. The molecule has 6 nitrogen and oxygen atoms in total. The van der Waals surface area contributed by atoms with Crippen LogP contribution in [-0.4, -0.2) is 22.5 Å². The number of methoxy groups -OCH3 is 1. The van der Waals surface area contributed by atoms with Gasteiger partial charge < -0.3 is 14.8 Å². The average molecular weight is 464 g/mol. The van der Waals surface area contributed by atoms with Crippen LogP contribution in [0.2, 0.25) is 0 Å². The van der Waals surface area contributed by atoms with Crippen LogP contribution in [-0.2, 0) is 6.54 Å². The van der Waals surface area contributed by atoms with Gasteiger partial charge in [0.15, 0.2) is 0 Å². The van der Waals surface area contributed by atoms with Crippen molar-refractivity contribution in [3.8, 4) is 22.8 Å². The van der Waals surface area contributed by atoms with Crippen LogP contribution in [0, 0.1) is 6.92 Å². The molecule has 174 valence electrons. The quantitative estimate of drug-likeness (QED) is 0.232. The van der Waals surface area contributed by atoms with Gasteiger partial charge in [-0.3, -0.25) is 4.40 Å². The van der Waals surface area contributed by atoms with Crippen molar-refractivity contribution in [3.05, 3.63) is 114 Å². The number of hydrogen-bond acceptors (Lipinski definition) is 5. The molecule has 35 heavy (non-hydrogen) atoms. The molecule has 0 saturated carbocycles. The predicted octanol–water partition coefficient (Wildman–Crippen LogP) is 6.15. The standard InChI is InChI=1S/C29H25N3O3/c1-20-15-16-32-26(17-20)31-27(28(32)30-19-21-7-4-3-5-8-21)23-9-6-10-25(18-23)35-29(33)22-11-13-24(34-2)14-12-22/h3-18,30H,19H2,1-2H3. The first-order valence-corrected chi connectivity index (χ1v) is 11.3. The van der Waals surface area contributed by atoms with Gasteiger partial charge in [0.05, 0.1) is 12.7 Å². The number of carbonyl (C=O) groups excluding carboxylic acids is 1. The highest BCUT2D eigenvalue weighted by atomic mass is 16.5. The molecular weight excluding hydrogens is 438 g/mol. The number of benzene rings is 3. The monoisotopic (exact) mass is 463 g/mol. The van der Waals surface area contributed by atoms with E-state index in [0.717, 1.165) is 28.3 Å². The Kier molecular flexibility index (Phi) is 6.18. The zero-order valence-electron chi connectivity index (χ0n) is 19.6. The summed E-state index contributed by atoms with van der Waals surface area (Å²) in [5.74, 6) is 1.58. The van der Waals surface area contributed by atoms with E-state index >= 15 is 0 Å². The Morgan fingerprint density at radius 3 is 2.49 bits per heavy atom. The lowest BCUT2D eigenvalue weighted by molar-refractivity contribution is 0.0735. The van der Waals surface area contributed by atoms with Gasteiger partial charge in [0, 0.05) is 18.3 Å². The number of aromatic nitrogens is 2. The molecule has 0 unspecified atom stereocenters. The molecule has 5 aromatic rings. The highest BCUT2D eigenvalue weighted by molar-refractivity contribution is 5.91. The fourth-order valence-corrected chi connectivity index (χ4v) is 3.90. The smallest absolute Gasteiger partial charge is 0.343 e. The second-order valence-corrected chi connectivity index (χ2v) is 8.23. The molecule has 0 saturated heterocycles. The van der Waals surface area contributed by atoms with Crippen LogP contribution in [0.1, 0.15) is 21.5 Å². The Balaban J connectivity index is 1.46. The van der Waals surface area contributed by atoms with E-state index in [2.05, 4.69) is 23.5 Å². The summed E-state index contributed by atoms with van der Waals surface area (Å²) in [5.41, 5.74) is 5.23. The minimum absolute atomic E-state index is 0.433. The molecule has 0 aliphatic rings. The number of hydrogen-bond donors (Lipinski definition) is 1. The zero-order valence-corrected chi connectivity index (χ0v) is 19.6. The third kappa shape index (κ3) is 4.87. The second kappa shape index (κ2) is 9.73. The van der Waals surface area contributed by atoms with Crippen molar-refractivity contribution in [2.75, 3.05) is 12.4 Å². The Morgan fingerprint density at radius 1 is 0.914 bits per heavy atom. The number of imidazole rings is 1. The van der Waals surface area contributed by atoms with Gasteiger partial charge in [-0.2, -0.15) is 0 Å². The topological polar surface area (TPSA) is 64.9 Å². The minimum atomic E-state index is -0.433. The maximum absolute atomic E-state index is 12.7. The van der Waals surface area contributed by atoms with Gasteiger partial charge in [0.25, 0.3) is 0 Å². The van der Waals surface area contributed by atoms with E-state index in [-0.39, 0.29) is 0 Å². The summed E-state index contributed by atoms with van der Waals surface area (Å²) < 4.78 is 12.9. The first-order chi connectivity index (χ1) is 17.1. The maximum Gasteiger partial charge on any atom is 0.343 e. The normalized spacial score (nSPS) is 10.8. The van der Waals surface area contributed by atoms with Crippen LogP contribution in [0.3, 0.4) is 0 Å². The fraction of sp³-hybridized carbons (Fsp3) is 0.103. The Labute approximate surface area is 203 Å². The van der Waals surface area contributed by atoms with Crippen molar-refractivity contribution in [1.29, 1.82) is 0 Å². The van der Waals surface area contributed by atoms with Gasteiger partial charge in [-0.25, -0.2) is 9.78 Å². The molecule has 5 rings (SSSR count). The summed E-state index contributed by atoms with van der Waals surface area (Å²) in [6.45, 7) is 2.70. The number of rotatable bonds is 7. The summed E-state index contributed by atoms with van der Waals surface area (Å²) in [6, 6.07) is 28.6. The van der Waals surface area contributed by atoms with Crippen molar-refractivity contribution >= 4 is 17.4 Å². The molecule has 0 atom stereocenters. The lowest BCUT2D eigenvalue weighted by Gasteiger charge is -2.10. The molecule has 0 aliphatic carbocycles. The summed E-state index contributed by atoms with van der Waals surface area (Å²) >= 11 is 0. The SMILES string of the molecule is COc1ccc(C(=O)Oc2cccc(-c3nc4cc(C)ccn4c3NCc3ccccc3)c2)cc1. The number of fused-ring (bicyclic) bond motifs is 1. The third-order valence-corrected chi connectivity index (χ3v) is 5.73. The molecule has 3 aromatic carbocycles. The lowest BCUT2D eigenvalue weighted by atomic mass is 10.1. The molecule has 0 bridgehead atoms. The largest absolute Gasteiger partial charge is 0.497 e. The highest BCUT2D eigenvalue weighted by Crippen LogP contribution is 2.32. The molecule has 2 heterocycles. The molecule has 0 radical (unpaired) electrons. The van der Waals surface area contributed by atoms with Crippen LogP contribution in [0.15, 0.2) is 97.2 Å². The molecule has 2 aromatic heterocycles. The van der Waals surface area contributed by atoms with Gasteiger partial charge in [-0.1, -0.05) is 42.5 Å². The first-order valence-electron chi connectivity index (χ1n) is 11.3. The molecule has 0 spiro atoms. The lowest BCUT2D eigenvalue weighted by Crippen LogP contribution is -2.08. The summed E-state index contributed by atoms with van der Waals surface area (Å²) in [6.07, 6.45) is 2.02. The van der Waals surface area contributed by atoms with E-state index in [1.54, 1.807) is 37.4 Å². The average Bonchev–Trinajstić information content (AvgIpc) is 3.25. The number of aryl methyl sites for hydroxylation is 1. The molecule has 0 fully saturated rings. The number of nitrogens with zero attached hydrogens (tertiary/aromatic N) is 2. The fourth-order valence-electron chi connectivity index (χ4n) is 3.90. The number of carbonyl (C=O) groups is 1. The van der Waals surface area contributed by atoms with Gasteiger partial charge >= 0.3 is 5.97 Å². The second-order valence-electron chi connectivity index (χ2n) is 8.23. The van der Waals surface area contributed by atoms with E-state index in [4.69, 9.17) is 14.5 Å². The van der Waals surface area contributed by atoms with Crippen molar-refractivity contribution in [1.82, 2.24) is 9.38 Å². The summed E-state index contributed by atoms with van der Waals surface area (Å²) in [7, 11) is 1.59. The Morgan fingerprint density at radius 2 is 1.71 bits per heavy atom. The molecular formula is C29H25N3O3. The van der Waals surface area contributed by atoms with E-state index in [1.807, 2.05) is 60.0 Å². The van der Waals surface area contributed by atoms with Gasteiger partial charge in [-0.05, 0) is 66.6 Å². The van der Waals surface area contributed by atoms with Crippen LogP contribution in [0.4, 0.5) is 5.82 Å². The van der Waals surface area contributed by atoms with E-state index in [1.165, 1.54) is 5.56 Å². The van der Waals surface area contributed by atoms with Gasteiger partial charge in [0.1, 0.15) is 28.7 Å². The van der Waals surface area contributed by atoms with Gasteiger partial charge in [0.2, 0.25) is 0 Å².